The summed E-state index contributed by atoms with van der Waals surface area (Å²) in [5.74, 6) is 0.571. The molecule has 0 amide bonds. The molecule has 2 nitrogen and oxygen atoms in total. The van der Waals surface area contributed by atoms with Gasteiger partial charge >= 0.3 is 0 Å². The number of thiophene rings is 1. The van der Waals surface area contributed by atoms with E-state index in [-0.39, 0.29) is 0 Å². The summed E-state index contributed by atoms with van der Waals surface area (Å²) in [6.45, 7) is 9.92. The molecular weight excluding hydrogens is 228 g/mol. The van der Waals surface area contributed by atoms with Gasteiger partial charge in [-0.3, -0.25) is 4.90 Å². The van der Waals surface area contributed by atoms with Gasteiger partial charge in [0.15, 0.2) is 0 Å². The Balaban J connectivity index is 2.48. The van der Waals surface area contributed by atoms with Crippen molar-refractivity contribution >= 4 is 11.3 Å². The Morgan fingerprint density at radius 1 is 1.35 bits per heavy atom. The van der Waals surface area contributed by atoms with E-state index >= 15 is 0 Å². The van der Waals surface area contributed by atoms with Crippen LogP contribution in [-0.2, 0) is 0 Å². The van der Waals surface area contributed by atoms with E-state index in [9.17, 15) is 0 Å². The number of nitrogens with zero attached hydrogens (tertiary/aromatic N) is 1. The molecule has 0 aliphatic rings. The van der Waals surface area contributed by atoms with Gasteiger partial charge in [-0.1, -0.05) is 13.8 Å². The normalized spacial score (nSPS) is 15.5. The first-order valence-corrected chi connectivity index (χ1v) is 7.31. The second-order valence-electron chi connectivity index (χ2n) is 5.32. The number of hydrogen-bond acceptors (Lipinski definition) is 3. The molecule has 2 N–H and O–H groups in total. The van der Waals surface area contributed by atoms with Gasteiger partial charge in [0.05, 0.1) is 0 Å². The number of hydrogen-bond donors (Lipinski definition) is 1. The van der Waals surface area contributed by atoms with E-state index in [1.807, 2.05) is 11.3 Å². The van der Waals surface area contributed by atoms with Crippen molar-refractivity contribution in [2.24, 2.45) is 11.7 Å². The van der Waals surface area contributed by atoms with Crippen molar-refractivity contribution in [1.82, 2.24) is 4.90 Å². The molecular formula is C14H26N2S. The zero-order valence-corrected chi connectivity index (χ0v) is 12.6. The summed E-state index contributed by atoms with van der Waals surface area (Å²) < 4.78 is 0. The van der Waals surface area contributed by atoms with Crippen LogP contribution in [-0.4, -0.2) is 24.5 Å². The fourth-order valence-electron chi connectivity index (χ4n) is 1.89. The highest BCUT2D eigenvalue weighted by Crippen LogP contribution is 2.27. The first-order chi connectivity index (χ1) is 7.93. The molecule has 1 heterocycles. The van der Waals surface area contributed by atoms with Crippen molar-refractivity contribution < 1.29 is 0 Å². The summed E-state index contributed by atoms with van der Waals surface area (Å²) in [7, 11) is 2.19. The fourth-order valence-corrected chi connectivity index (χ4v) is 2.94. The summed E-state index contributed by atoms with van der Waals surface area (Å²) in [6.07, 6.45) is 1.07. The minimum atomic E-state index is 0.314. The Hall–Kier alpha value is -0.380. The van der Waals surface area contributed by atoms with Crippen molar-refractivity contribution in [3.8, 4) is 0 Å². The third kappa shape index (κ3) is 4.09. The highest BCUT2D eigenvalue weighted by molar-refractivity contribution is 7.10. The molecule has 0 fully saturated rings. The molecule has 2 unspecified atom stereocenters. The van der Waals surface area contributed by atoms with Crippen LogP contribution >= 0.6 is 11.3 Å². The maximum Gasteiger partial charge on any atom is 0.0412 e. The van der Waals surface area contributed by atoms with Crippen LogP contribution in [0.4, 0.5) is 0 Å². The lowest BCUT2D eigenvalue weighted by molar-refractivity contribution is 0.245. The average Bonchev–Trinajstić information content (AvgIpc) is 2.70. The topological polar surface area (TPSA) is 29.3 Å². The van der Waals surface area contributed by atoms with Gasteiger partial charge < -0.3 is 5.73 Å². The van der Waals surface area contributed by atoms with Gasteiger partial charge in [0.25, 0.3) is 0 Å². The predicted molar refractivity (Wildman–Crippen MR) is 77.5 cm³/mol. The van der Waals surface area contributed by atoms with E-state index in [2.05, 4.69) is 51.1 Å². The van der Waals surface area contributed by atoms with Crippen LogP contribution < -0.4 is 5.73 Å². The standard InChI is InChI=1S/C14H26N2S/c1-10(2)13(15)6-8-16(5)12(4)14-11(3)7-9-17-14/h7,9-10,12-13H,6,8,15H2,1-5H3. The summed E-state index contributed by atoms with van der Waals surface area (Å²) in [5, 5.41) is 2.18. The zero-order chi connectivity index (χ0) is 13.0. The molecule has 0 aromatic carbocycles. The van der Waals surface area contributed by atoms with E-state index in [0.717, 1.165) is 13.0 Å². The molecule has 0 radical (unpaired) electrons. The maximum absolute atomic E-state index is 6.09. The Labute approximate surface area is 110 Å². The third-order valence-electron chi connectivity index (χ3n) is 3.61. The molecule has 0 saturated heterocycles. The third-order valence-corrected chi connectivity index (χ3v) is 4.80. The van der Waals surface area contributed by atoms with Gasteiger partial charge in [-0.05, 0) is 56.8 Å². The smallest absolute Gasteiger partial charge is 0.0412 e. The highest BCUT2D eigenvalue weighted by Gasteiger charge is 2.16. The molecule has 1 rings (SSSR count). The minimum absolute atomic E-state index is 0.314. The Morgan fingerprint density at radius 2 is 2.00 bits per heavy atom. The molecule has 0 aliphatic carbocycles. The number of rotatable bonds is 6. The van der Waals surface area contributed by atoms with E-state index in [4.69, 9.17) is 5.73 Å². The van der Waals surface area contributed by atoms with Crippen molar-refractivity contribution in [2.45, 2.75) is 46.2 Å². The molecule has 0 saturated carbocycles. The molecule has 0 bridgehead atoms. The molecule has 1 aromatic heterocycles. The van der Waals surface area contributed by atoms with Gasteiger partial charge in [-0.2, -0.15) is 0 Å². The van der Waals surface area contributed by atoms with Crippen LogP contribution in [0.3, 0.4) is 0 Å². The van der Waals surface area contributed by atoms with Crippen molar-refractivity contribution in [1.29, 1.82) is 0 Å². The summed E-state index contributed by atoms with van der Waals surface area (Å²) in [5.41, 5.74) is 7.49. The monoisotopic (exact) mass is 254 g/mol. The second-order valence-corrected chi connectivity index (χ2v) is 6.27. The van der Waals surface area contributed by atoms with Gasteiger partial charge in [0.2, 0.25) is 0 Å². The Morgan fingerprint density at radius 3 is 2.47 bits per heavy atom. The lowest BCUT2D eigenvalue weighted by Gasteiger charge is -2.26. The first-order valence-electron chi connectivity index (χ1n) is 6.43. The van der Waals surface area contributed by atoms with E-state index in [1.165, 1.54) is 10.4 Å². The fraction of sp³-hybridized carbons (Fsp3) is 0.714. The molecule has 3 heteroatoms. The van der Waals surface area contributed by atoms with Crippen molar-refractivity contribution in [3.63, 3.8) is 0 Å². The number of aryl methyl sites for hydroxylation is 1. The van der Waals surface area contributed by atoms with Crippen molar-refractivity contribution in [2.75, 3.05) is 13.6 Å². The van der Waals surface area contributed by atoms with Crippen molar-refractivity contribution in [3.05, 3.63) is 21.9 Å². The SMILES string of the molecule is Cc1ccsc1C(C)N(C)CCC(N)C(C)C. The van der Waals surface area contributed by atoms with Crippen LogP contribution in [0.5, 0.6) is 0 Å². The number of nitrogens with two attached hydrogens (primary N) is 1. The van der Waals surface area contributed by atoms with Gasteiger partial charge in [-0.15, -0.1) is 11.3 Å². The van der Waals surface area contributed by atoms with Crippen LogP contribution in [0.25, 0.3) is 0 Å². The lowest BCUT2D eigenvalue weighted by Crippen LogP contribution is -2.32. The van der Waals surface area contributed by atoms with E-state index < -0.39 is 0 Å². The van der Waals surface area contributed by atoms with Crippen LogP contribution in [0.1, 0.15) is 43.7 Å². The van der Waals surface area contributed by atoms with Crippen LogP contribution in [0.15, 0.2) is 11.4 Å². The minimum Gasteiger partial charge on any atom is -0.327 e. The summed E-state index contributed by atoms with van der Waals surface area (Å²) in [6, 6.07) is 3.01. The molecule has 17 heavy (non-hydrogen) atoms. The van der Waals surface area contributed by atoms with Gasteiger partial charge in [0, 0.05) is 17.0 Å². The molecule has 1 aromatic rings. The molecule has 0 aliphatic heterocycles. The van der Waals surface area contributed by atoms with Crippen LogP contribution in [0, 0.1) is 12.8 Å². The predicted octanol–water partition coefficient (Wildman–Crippen LogP) is 3.42. The molecule has 2 atom stereocenters. The van der Waals surface area contributed by atoms with Gasteiger partial charge in [-0.25, -0.2) is 0 Å². The Bertz CT molecular complexity index is 333. The largest absolute Gasteiger partial charge is 0.327 e. The Kier molecular flexibility index (Phi) is 5.63. The quantitative estimate of drug-likeness (QED) is 0.843. The lowest BCUT2D eigenvalue weighted by atomic mass is 10.0. The molecule has 98 valence electrons. The van der Waals surface area contributed by atoms with Gasteiger partial charge in [0.1, 0.15) is 0 Å². The highest BCUT2D eigenvalue weighted by atomic mass is 32.1. The second kappa shape index (κ2) is 6.53. The molecule has 0 spiro atoms. The zero-order valence-electron chi connectivity index (χ0n) is 11.7. The summed E-state index contributed by atoms with van der Waals surface area (Å²) >= 11 is 1.85. The van der Waals surface area contributed by atoms with Crippen LogP contribution in [0.2, 0.25) is 0 Å². The average molecular weight is 254 g/mol. The van der Waals surface area contributed by atoms with E-state index in [0.29, 0.717) is 18.0 Å². The summed E-state index contributed by atoms with van der Waals surface area (Å²) in [4.78, 5) is 3.88. The van der Waals surface area contributed by atoms with E-state index in [1.54, 1.807) is 0 Å². The maximum atomic E-state index is 6.09. The first kappa shape index (κ1) is 14.7.